The van der Waals surface area contributed by atoms with Crippen LogP contribution in [-0.4, -0.2) is 16.1 Å². The van der Waals surface area contributed by atoms with Gasteiger partial charge in [-0.2, -0.15) is 0 Å². The van der Waals surface area contributed by atoms with Gasteiger partial charge in [0.2, 0.25) is 5.89 Å². The van der Waals surface area contributed by atoms with Gasteiger partial charge in [0.1, 0.15) is 11.4 Å². The number of para-hydroxylation sites is 1. The van der Waals surface area contributed by atoms with Crippen molar-refractivity contribution in [3.05, 3.63) is 29.7 Å². The summed E-state index contributed by atoms with van der Waals surface area (Å²) in [5, 5.41) is 9.19. The van der Waals surface area contributed by atoms with Gasteiger partial charge in [-0.3, -0.25) is 4.79 Å². The standard InChI is InChI=1S/C13H15NO3/c1-7(2)10(13(15)16)12-14-11-8(3)5-4-6-9(11)17-12/h4-7,10H,1-3H3,(H,15,16). The van der Waals surface area contributed by atoms with Gasteiger partial charge in [0.05, 0.1) is 0 Å². The summed E-state index contributed by atoms with van der Waals surface area (Å²) < 4.78 is 5.54. The molecule has 2 rings (SSSR count). The van der Waals surface area contributed by atoms with E-state index < -0.39 is 11.9 Å². The number of carboxylic acid groups (broad SMARTS) is 1. The highest BCUT2D eigenvalue weighted by molar-refractivity contribution is 5.79. The molecule has 17 heavy (non-hydrogen) atoms. The fourth-order valence-corrected chi connectivity index (χ4v) is 1.91. The van der Waals surface area contributed by atoms with Crippen molar-refractivity contribution < 1.29 is 14.3 Å². The normalized spacial score (nSPS) is 13.2. The molecule has 0 spiro atoms. The first-order valence-corrected chi connectivity index (χ1v) is 5.59. The van der Waals surface area contributed by atoms with Crippen molar-refractivity contribution >= 4 is 17.1 Å². The first kappa shape index (κ1) is 11.6. The van der Waals surface area contributed by atoms with Crippen LogP contribution in [0.25, 0.3) is 11.1 Å². The summed E-state index contributed by atoms with van der Waals surface area (Å²) >= 11 is 0. The van der Waals surface area contributed by atoms with Crippen molar-refractivity contribution in [3.8, 4) is 0 Å². The van der Waals surface area contributed by atoms with Gasteiger partial charge in [-0.05, 0) is 24.5 Å². The number of oxazole rings is 1. The number of nitrogens with zero attached hydrogens (tertiary/aromatic N) is 1. The van der Waals surface area contributed by atoms with E-state index in [1.165, 1.54) is 0 Å². The molecule has 1 atom stereocenters. The van der Waals surface area contributed by atoms with Gasteiger partial charge in [0.25, 0.3) is 0 Å². The summed E-state index contributed by atoms with van der Waals surface area (Å²) in [6.45, 7) is 5.63. The number of carbonyl (C=O) groups is 1. The molecular formula is C13H15NO3. The van der Waals surface area contributed by atoms with Gasteiger partial charge in [-0.15, -0.1) is 0 Å². The first-order chi connectivity index (χ1) is 8.00. The second kappa shape index (κ2) is 4.20. The molecular weight excluding hydrogens is 218 g/mol. The zero-order valence-corrected chi connectivity index (χ0v) is 10.1. The van der Waals surface area contributed by atoms with E-state index in [4.69, 9.17) is 4.42 Å². The van der Waals surface area contributed by atoms with Gasteiger partial charge in [0.15, 0.2) is 5.58 Å². The lowest BCUT2D eigenvalue weighted by Crippen LogP contribution is -2.17. The van der Waals surface area contributed by atoms with E-state index in [-0.39, 0.29) is 11.8 Å². The maximum atomic E-state index is 11.2. The highest BCUT2D eigenvalue weighted by Gasteiger charge is 2.29. The van der Waals surface area contributed by atoms with E-state index >= 15 is 0 Å². The molecule has 0 amide bonds. The minimum Gasteiger partial charge on any atom is -0.481 e. The molecule has 4 nitrogen and oxygen atoms in total. The van der Waals surface area contributed by atoms with E-state index in [1.54, 1.807) is 6.07 Å². The summed E-state index contributed by atoms with van der Waals surface area (Å²) in [7, 11) is 0. The molecule has 0 aliphatic heterocycles. The third-order valence-electron chi connectivity index (χ3n) is 2.84. The Morgan fingerprint density at radius 1 is 1.41 bits per heavy atom. The fraction of sp³-hybridized carbons (Fsp3) is 0.385. The third-order valence-corrected chi connectivity index (χ3v) is 2.84. The predicted molar refractivity (Wildman–Crippen MR) is 64.0 cm³/mol. The van der Waals surface area contributed by atoms with Crippen molar-refractivity contribution in [2.45, 2.75) is 26.7 Å². The van der Waals surface area contributed by atoms with Crippen LogP contribution in [0.3, 0.4) is 0 Å². The molecule has 1 heterocycles. The SMILES string of the molecule is Cc1cccc2oc(C(C(=O)O)C(C)C)nc12. The van der Waals surface area contributed by atoms with Gasteiger partial charge >= 0.3 is 5.97 Å². The van der Waals surface area contributed by atoms with Crippen LogP contribution in [0.2, 0.25) is 0 Å². The number of fused-ring (bicyclic) bond motifs is 1. The summed E-state index contributed by atoms with van der Waals surface area (Å²) in [6, 6.07) is 5.61. The Morgan fingerprint density at radius 3 is 2.65 bits per heavy atom. The van der Waals surface area contributed by atoms with E-state index in [0.717, 1.165) is 11.1 Å². The molecule has 0 fully saturated rings. The zero-order chi connectivity index (χ0) is 12.6. The van der Waals surface area contributed by atoms with Gasteiger partial charge < -0.3 is 9.52 Å². The van der Waals surface area contributed by atoms with Crippen LogP contribution in [0.5, 0.6) is 0 Å². The summed E-state index contributed by atoms with van der Waals surface area (Å²) in [4.78, 5) is 15.5. The van der Waals surface area contributed by atoms with Crippen molar-refractivity contribution in [1.29, 1.82) is 0 Å². The number of hydrogen-bond donors (Lipinski definition) is 1. The minimum absolute atomic E-state index is 0.0548. The Hall–Kier alpha value is -1.84. The molecule has 0 saturated carbocycles. The Kier molecular flexibility index (Phi) is 2.88. The largest absolute Gasteiger partial charge is 0.481 e. The number of hydrogen-bond acceptors (Lipinski definition) is 3. The fourth-order valence-electron chi connectivity index (χ4n) is 1.91. The Morgan fingerprint density at radius 2 is 2.12 bits per heavy atom. The smallest absolute Gasteiger partial charge is 0.316 e. The van der Waals surface area contributed by atoms with Crippen LogP contribution in [-0.2, 0) is 4.79 Å². The highest BCUT2D eigenvalue weighted by atomic mass is 16.4. The van der Waals surface area contributed by atoms with Crippen molar-refractivity contribution in [2.24, 2.45) is 5.92 Å². The molecule has 4 heteroatoms. The van der Waals surface area contributed by atoms with E-state index in [0.29, 0.717) is 5.58 Å². The van der Waals surface area contributed by atoms with Crippen LogP contribution in [0.15, 0.2) is 22.6 Å². The predicted octanol–water partition coefficient (Wildman–Crippen LogP) is 2.96. The van der Waals surface area contributed by atoms with Gasteiger partial charge in [-0.25, -0.2) is 4.98 Å². The Balaban J connectivity index is 2.55. The number of benzene rings is 1. The second-order valence-corrected chi connectivity index (χ2v) is 4.53. The summed E-state index contributed by atoms with van der Waals surface area (Å²) in [5.41, 5.74) is 2.38. The van der Waals surface area contributed by atoms with Crippen LogP contribution in [0.4, 0.5) is 0 Å². The molecule has 1 aromatic carbocycles. The topological polar surface area (TPSA) is 63.3 Å². The van der Waals surface area contributed by atoms with Gasteiger partial charge in [-0.1, -0.05) is 26.0 Å². The maximum Gasteiger partial charge on any atom is 0.316 e. The molecule has 90 valence electrons. The number of aliphatic carboxylic acids is 1. The zero-order valence-electron chi connectivity index (χ0n) is 10.1. The monoisotopic (exact) mass is 233 g/mol. The molecule has 1 aromatic heterocycles. The molecule has 1 unspecified atom stereocenters. The van der Waals surface area contributed by atoms with Gasteiger partial charge in [0, 0.05) is 0 Å². The lowest BCUT2D eigenvalue weighted by Gasteiger charge is -2.11. The van der Waals surface area contributed by atoms with Crippen molar-refractivity contribution in [3.63, 3.8) is 0 Å². The Bertz CT molecular complexity index is 557. The molecule has 0 bridgehead atoms. The highest BCUT2D eigenvalue weighted by Crippen LogP contribution is 2.28. The molecule has 0 radical (unpaired) electrons. The average Bonchev–Trinajstić information content (AvgIpc) is 2.61. The quantitative estimate of drug-likeness (QED) is 0.885. The molecule has 0 aliphatic carbocycles. The number of rotatable bonds is 3. The molecule has 0 aliphatic rings. The maximum absolute atomic E-state index is 11.2. The van der Waals surface area contributed by atoms with Crippen molar-refractivity contribution in [2.75, 3.05) is 0 Å². The number of aryl methyl sites for hydroxylation is 1. The van der Waals surface area contributed by atoms with Crippen LogP contribution >= 0.6 is 0 Å². The van der Waals surface area contributed by atoms with E-state index in [9.17, 15) is 9.90 Å². The van der Waals surface area contributed by atoms with E-state index in [1.807, 2.05) is 32.9 Å². The summed E-state index contributed by atoms with van der Waals surface area (Å²) in [6.07, 6.45) is 0. The van der Waals surface area contributed by atoms with E-state index in [2.05, 4.69) is 4.98 Å². The number of aromatic nitrogens is 1. The number of carboxylic acids is 1. The average molecular weight is 233 g/mol. The molecule has 0 saturated heterocycles. The lowest BCUT2D eigenvalue weighted by molar-refractivity contribution is -0.140. The molecule has 1 N–H and O–H groups in total. The summed E-state index contributed by atoms with van der Waals surface area (Å²) in [5.74, 6) is -1.36. The lowest BCUT2D eigenvalue weighted by atomic mass is 9.96. The first-order valence-electron chi connectivity index (χ1n) is 5.59. The second-order valence-electron chi connectivity index (χ2n) is 4.53. The minimum atomic E-state index is -0.899. The van der Waals surface area contributed by atoms with Crippen molar-refractivity contribution in [1.82, 2.24) is 4.98 Å². The molecule has 2 aromatic rings. The Labute approximate surface area is 99.3 Å². The van der Waals surface area contributed by atoms with Crippen LogP contribution in [0.1, 0.15) is 31.2 Å². The van der Waals surface area contributed by atoms with Crippen LogP contribution in [0, 0.1) is 12.8 Å². The third kappa shape index (κ3) is 2.02. The van der Waals surface area contributed by atoms with Crippen LogP contribution < -0.4 is 0 Å².